The van der Waals surface area contributed by atoms with Crippen LogP contribution in [0.25, 0.3) is 0 Å². The molecular weight excluding hydrogens is 230 g/mol. The number of benzene rings is 1. The molecule has 0 saturated carbocycles. The monoisotopic (exact) mass is 249 g/mol. The van der Waals surface area contributed by atoms with Gasteiger partial charge in [0.05, 0.1) is 20.1 Å². The van der Waals surface area contributed by atoms with Crippen LogP contribution in [-0.4, -0.2) is 25.7 Å². The summed E-state index contributed by atoms with van der Waals surface area (Å²) < 4.78 is 10.3. The topological polar surface area (TPSA) is 47.6 Å². The zero-order valence-corrected chi connectivity index (χ0v) is 11.0. The average molecular weight is 249 g/mol. The van der Waals surface area contributed by atoms with E-state index in [0.717, 1.165) is 17.0 Å². The molecule has 4 nitrogen and oxygen atoms in total. The molecule has 0 aromatic heterocycles. The van der Waals surface area contributed by atoms with Crippen molar-refractivity contribution in [3.05, 3.63) is 23.8 Å². The second kappa shape index (κ2) is 5.29. The second-order valence-electron chi connectivity index (χ2n) is 4.50. The highest BCUT2D eigenvalue weighted by atomic mass is 16.5. The van der Waals surface area contributed by atoms with Crippen LogP contribution in [0.3, 0.4) is 0 Å². The average Bonchev–Trinajstić information content (AvgIpc) is 2.65. The van der Waals surface area contributed by atoms with Gasteiger partial charge >= 0.3 is 5.97 Å². The fraction of sp³-hybridized carbons (Fsp3) is 0.500. The number of esters is 1. The number of carbonyl (C=O) groups is 1. The minimum Gasteiger partial charge on any atom is -0.497 e. The van der Waals surface area contributed by atoms with Crippen molar-refractivity contribution in [2.24, 2.45) is 0 Å². The fourth-order valence-corrected chi connectivity index (χ4v) is 2.41. The van der Waals surface area contributed by atoms with Crippen LogP contribution < -0.4 is 10.1 Å². The standard InChI is InChI=1S/C14H19NO3/c1-4-18-14(16)8-11-9(2)15-13-6-5-10(17-3)7-12(11)13/h5-7,9,11,15H,4,8H2,1-3H3/t9-,11+/m1/s1. The summed E-state index contributed by atoms with van der Waals surface area (Å²) in [7, 11) is 1.65. The lowest BCUT2D eigenvalue weighted by Crippen LogP contribution is -2.20. The van der Waals surface area contributed by atoms with E-state index in [9.17, 15) is 4.79 Å². The second-order valence-corrected chi connectivity index (χ2v) is 4.50. The van der Waals surface area contributed by atoms with Gasteiger partial charge in [-0.05, 0) is 37.6 Å². The van der Waals surface area contributed by atoms with E-state index in [-0.39, 0.29) is 17.9 Å². The lowest BCUT2D eigenvalue weighted by Gasteiger charge is -2.15. The maximum absolute atomic E-state index is 11.6. The van der Waals surface area contributed by atoms with Gasteiger partial charge in [-0.25, -0.2) is 0 Å². The molecule has 1 aromatic rings. The van der Waals surface area contributed by atoms with Gasteiger partial charge in [0.2, 0.25) is 0 Å². The molecule has 1 N–H and O–H groups in total. The maximum atomic E-state index is 11.6. The van der Waals surface area contributed by atoms with Gasteiger partial charge in [0.15, 0.2) is 0 Å². The van der Waals surface area contributed by atoms with Crippen molar-refractivity contribution >= 4 is 11.7 Å². The first kappa shape index (κ1) is 12.7. The molecule has 2 rings (SSSR count). The van der Waals surface area contributed by atoms with Crippen LogP contribution in [-0.2, 0) is 9.53 Å². The van der Waals surface area contributed by atoms with Crippen LogP contribution in [0.1, 0.15) is 31.7 Å². The number of methoxy groups -OCH3 is 1. The van der Waals surface area contributed by atoms with Gasteiger partial charge in [0.1, 0.15) is 5.75 Å². The number of hydrogen-bond acceptors (Lipinski definition) is 4. The molecule has 0 radical (unpaired) electrons. The Morgan fingerprint density at radius 1 is 1.44 bits per heavy atom. The molecule has 1 aromatic carbocycles. The Bertz CT molecular complexity index is 445. The Kier molecular flexibility index (Phi) is 3.75. The quantitative estimate of drug-likeness (QED) is 0.833. The third-order valence-electron chi connectivity index (χ3n) is 3.34. The predicted octanol–water partition coefficient (Wildman–Crippen LogP) is 2.55. The van der Waals surface area contributed by atoms with Crippen molar-refractivity contribution in [3.8, 4) is 5.75 Å². The maximum Gasteiger partial charge on any atom is 0.306 e. The van der Waals surface area contributed by atoms with Crippen molar-refractivity contribution in [1.82, 2.24) is 0 Å². The molecule has 4 heteroatoms. The van der Waals surface area contributed by atoms with Crippen molar-refractivity contribution in [2.45, 2.75) is 32.2 Å². The van der Waals surface area contributed by atoms with E-state index in [1.54, 1.807) is 7.11 Å². The minimum atomic E-state index is -0.146. The van der Waals surface area contributed by atoms with Crippen molar-refractivity contribution < 1.29 is 14.3 Å². The molecule has 0 spiro atoms. The number of rotatable bonds is 4. The number of fused-ring (bicyclic) bond motifs is 1. The molecule has 0 amide bonds. The fourth-order valence-electron chi connectivity index (χ4n) is 2.41. The number of anilines is 1. The molecule has 1 aliphatic rings. The third-order valence-corrected chi connectivity index (χ3v) is 3.34. The van der Waals surface area contributed by atoms with Gasteiger partial charge in [-0.3, -0.25) is 4.79 Å². The van der Waals surface area contributed by atoms with E-state index >= 15 is 0 Å². The number of carbonyl (C=O) groups excluding carboxylic acids is 1. The first-order chi connectivity index (χ1) is 8.65. The van der Waals surface area contributed by atoms with Crippen LogP contribution in [0.4, 0.5) is 5.69 Å². The van der Waals surface area contributed by atoms with E-state index in [2.05, 4.69) is 12.2 Å². The molecule has 98 valence electrons. The molecule has 0 saturated heterocycles. The van der Waals surface area contributed by atoms with Crippen molar-refractivity contribution in [2.75, 3.05) is 19.0 Å². The van der Waals surface area contributed by atoms with Crippen LogP contribution >= 0.6 is 0 Å². The Hall–Kier alpha value is -1.71. The van der Waals surface area contributed by atoms with Crippen LogP contribution in [0.5, 0.6) is 5.75 Å². The van der Waals surface area contributed by atoms with Crippen molar-refractivity contribution in [1.29, 1.82) is 0 Å². The van der Waals surface area contributed by atoms with E-state index in [1.165, 1.54) is 0 Å². The van der Waals surface area contributed by atoms with E-state index < -0.39 is 0 Å². The molecule has 1 aliphatic heterocycles. The van der Waals surface area contributed by atoms with E-state index in [0.29, 0.717) is 13.0 Å². The highest BCUT2D eigenvalue weighted by molar-refractivity contribution is 5.73. The molecule has 0 fully saturated rings. The zero-order valence-electron chi connectivity index (χ0n) is 11.0. The summed E-state index contributed by atoms with van der Waals surface area (Å²) in [4.78, 5) is 11.6. The van der Waals surface area contributed by atoms with Crippen LogP contribution in [0, 0.1) is 0 Å². The molecule has 2 atom stereocenters. The summed E-state index contributed by atoms with van der Waals surface area (Å²) in [5, 5.41) is 3.38. The summed E-state index contributed by atoms with van der Waals surface area (Å²) in [5.74, 6) is 0.819. The molecular formula is C14H19NO3. The Labute approximate surface area is 107 Å². The molecule has 0 unspecified atom stereocenters. The summed E-state index contributed by atoms with van der Waals surface area (Å²) in [6.07, 6.45) is 0.405. The van der Waals surface area contributed by atoms with Gasteiger partial charge < -0.3 is 14.8 Å². The first-order valence-corrected chi connectivity index (χ1v) is 6.25. The number of ether oxygens (including phenoxy) is 2. The normalized spacial score (nSPS) is 21.1. The third kappa shape index (κ3) is 2.42. The van der Waals surface area contributed by atoms with Gasteiger partial charge in [0.25, 0.3) is 0 Å². The largest absolute Gasteiger partial charge is 0.497 e. The Balaban J connectivity index is 2.20. The lowest BCUT2D eigenvalue weighted by molar-refractivity contribution is -0.143. The summed E-state index contributed by atoms with van der Waals surface area (Å²) in [6, 6.07) is 6.15. The lowest BCUT2D eigenvalue weighted by atomic mass is 9.92. The smallest absolute Gasteiger partial charge is 0.306 e. The van der Waals surface area contributed by atoms with E-state index in [4.69, 9.17) is 9.47 Å². The van der Waals surface area contributed by atoms with E-state index in [1.807, 2.05) is 25.1 Å². The summed E-state index contributed by atoms with van der Waals surface area (Å²) in [5.41, 5.74) is 2.22. The van der Waals surface area contributed by atoms with Crippen LogP contribution in [0.15, 0.2) is 18.2 Å². The molecule has 0 aliphatic carbocycles. The number of nitrogens with one attached hydrogen (secondary N) is 1. The van der Waals surface area contributed by atoms with Gasteiger partial charge in [-0.15, -0.1) is 0 Å². The van der Waals surface area contributed by atoms with Gasteiger partial charge in [-0.1, -0.05) is 0 Å². The molecule has 1 heterocycles. The summed E-state index contributed by atoms with van der Waals surface area (Å²) >= 11 is 0. The highest BCUT2D eigenvalue weighted by Gasteiger charge is 2.31. The van der Waals surface area contributed by atoms with Gasteiger partial charge in [0, 0.05) is 17.6 Å². The van der Waals surface area contributed by atoms with Crippen molar-refractivity contribution in [3.63, 3.8) is 0 Å². The number of hydrogen-bond donors (Lipinski definition) is 1. The highest BCUT2D eigenvalue weighted by Crippen LogP contribution is 2.40. The molecule has 18 heavy (non-hydrogen) atoms. The SMILES string of the molecule is CCOC(=O)C[C@@H]1c2cc(OC)ccc2N[C@@H]1C. The zero-order chi connectivity index (χ0) is 13.1. The Morgan fingerprint density at radius 3 is 2.89 bits per heavy atom. The van der Waals surface area contributed by atoms with Crippen LogP contribution in [0.2, 0.25) is 0 Å². The Morgan fingerprint density at radius 2 is 2.22 bits per heavy atom. The molecule has 0 bridgehead atoms. The van der Waals surface area contributed by atoms with Gasteiger partial charge in [-0.2, -0.15) is 0 Å². The summed E-state index contributed by atoms with van der Waals surface area (Å²) in [6.45, 7) is 4.33. The minimum absolute atomic E-state index is 0.146. The predicted molar refractivity (Wildman–Crippen MR) is 70.1 cm³/mol. The first-order valence-electron chi connectivity index (χ1n) is 6.25.